The van der Waals surface area contributed by atoms with E-state index in [-0.39, 0.29) is 11.3 Å². The predicted molar refractivity (Wildman–Crippen MR) is 93.9 cm³/mol. The van der Waals surface area contributed by atoms with Gasteiger partial charge in [-0.25, -0.2) is 0 Å². The molecule has 0 radical (unpaired) electrons. The number of benzene rings is 2. The summed E-state index contributed by atoms with van der Waals surface area (Å²) in [5.74, 6) is 0.746. The van der Waals surface area contributed by atoms with Crippen LogP contribution in [0.15, 0.2) is 48.5 Å². The Hall–Kier alpha value is -2.29. The molecule has 0 fully saturated rings. The molecule has 0 aromatic heterocycles. The maximum Gasteiger partial charge on any atom is 0.251 e. The van der Waals surface area contributed by atoms with Crippen molar-refractivity contribution in [3.8, 4) is 5.75 Å². The molecule has 3 heteroatoms. The minimum atomic E-state index is -0.0724. The summed E-state index contributed by atoms with van der Waals surface area (Å²) in [6, 6.07) is 15.6. The molecule has 122 valence electrons. The van der Waals surface area contributed by atoms with Crippen LogP contribution in [0.4, 0.5) is 0 Å². The van der Waals surface area contributed by atoms with Crippen LogP contribution in [0.1, 0.15) is 49.2 Å². The van der Waals surface area contributed by atoms with E-state index in [9.17, 15) is 4.79 Å². The van der Waals surface area contributed by atoms with E-state index in [1.807, 2.05) is 55.5 Å². The molecule has 2 rings (SSSR count). The second kappa shape index (κ2) is 7.32. The van der Waals surface area contributed by atoms with Gasteiger partial charge >= 0.3 is 0 Å². The molecule has 2 aromatic carbocycles. The maximum atomic E-state index is 12.3. The molecule has 0 aliphatic rings. The zero-order valence-corrected chi connectivity index (χ0v) is 14.3. The van der Waals surface area contributed by atoms with Gasteiger partial charge in [-0.3, -0.25) is 4.79 Å². The summed E-state index contributed by atoms with van der Waals surface area (Å²) in [6.07, 6.45) is 0. The number of amides is 1. The summed E-state index contributed by atoms with van der Waals surface area (Å²) >= 11 is 0. The minimum Gasteiger partial charge on any atom is -0.494 e. The van der Waals surface area contributed by atoms with Gasteiger partial charge in [0.2, 0.25) is 0 Å². The Morgan fingerprint density at radius 2 is 1.70 bits per heavy atom. The molecule has 2 aromatic rings. The molecule has 0 heterocycles. The number of nitrogens with one attached hydrogen (secondary N) is 1. The molecule has 0 atom stereocenters. The molecule has 1 amide bonds. The van der Waals surface area contributed by atoms with Crippen molar-refractivity contribution in [2.24, 2.45) is 0 Å². The molecular weight excluding hydrogens is 286 g/mol. The largest absolute Gasteiger partial charge is 0.494 e. The smallest absolute Gasteiger partial charge is 0.251 e. The molecule has 0 aliphatic carbocycles. The maximum absolute atomic E-state index is 12.3. The molecule has 0 bridgehead atoms. The van der Waals surface area contributed by atoms with E-state index in [4.69, 9.17) is 4.74 Å². The van der Waals surface area contributed by atoms with Gasteiger partial charge in [0.15, 0.2) is 0 Å². The van der Waals surface area contributed by atoms with Gasteiger partial charge in [-0.2, -0.15) is 0 Å². The van der Waals surface area contributed by atoms with Gasteiger partial charge in [0.25, 0.3) is 5.91 Å². The van der Waals surface area contributed by atoms with Crippen molar-refractivity contribution < 1.29 is 9.53 Å². The quantitative estimate of drug-likeness (QED) is 0.893. The number of carbonyl (C=O) groups is 1. The van der Waals surface area contributed by atoms with Crippen molar-refractivity contribution in [2.45, 2.75) is 39.7 Å². The number of hydrogen-bond donors (Lipinski definition) is 1. The Morgan fingerprint density at radius 3 is 2.30 bits per heavy atom. The van der Waals surface area contributed by atoms with Crippen molar-refractivity contribution >= 4 is 5.91 Å². The third-order valence-electron chi connectivity index (χ3n) is 3.72. The zero-order valence-electron chi connectivity index (χ0n) is 14.3. The van der Waals surface area contributed by atoms with Gasteiger partial charge in [0, 0.05) is 17.7 Å². The number of rotatable bonds is 5. The second-order valence-corrected chi connectivity index (χ2v) is 6.55. The Kier molecular flexibility index (Phi) is 5.43. The second-order valence-electron chi connectivity index (χ2n) is 6.55. The number of hydrogen-bond acceptors (Lipinski definition) is 2. The fourth-order valence-electron chi connectivity index (χ4n) is 2.35. The van der Waals surface area contributed by atoms with Gasteiger partial charge in [-0.1, -0.05) is 51.1 Å². The standard InChI is InChI=1S/C20H25NO2/c1-5-23-18-9-7-6-8-16(18)14-21-19(22)15-10-12-17(13-11-15)20(2,3)4/h6-13H,5,14H2,1-4H3,(H,21,22). The normalized spacial score (nSPS) is 11.1. The van der Waals surface area contributed by atoms with Gasteiger partial charge in [-0.15, -0.1) is 0 Å². The van der Waals surface area contributed by atoms with Gasteiger partial charge in [0.05, 0.1) is 6.61 Å². The highest BCUT2D eigenvalue weighted by atomic mass is 16.5. The Bertz CT molecular complexity index is 654. The lowest BCUT2D eigenvalue weighted by atomic mass is 9.87. The highest BCUT2D eigenvalue weighted by Crippen LogP contribution is 2.22. The Balaban J connectivity index is 2.03. The fraction of sp³-hybridized carbons (Fsp3) is 0.350. The molecular formula is C20H25NO2. The SMILES string of the molecule is CCOc1ccccc1CNC(=O)c1ccc(C(C)(C)C)cc1. The van der Waals surface area contributed by atoms with E-state index < -0.39 is 0 Å². The lowest BCUT2D eigenvalue weighted by Gasteiger charge is -2.19. The van der Waals surface area contributed by atoms with E-state index in [1.165, 1.54) is 5.56 Å². The fourth-order valence-corrected chi connectivity index (χ4v) is 2.35. The molecule has 0 spiro atoms. The molecule has 0 saturated heterocycles. The van der Waals surface area contributed by atoms with Crippen LogP contribution < -0.4 is 10.1 Å². The third kappa shape index (κ3) is 4.59. The first kappa shape index (κ1) is 17.1. The number of ether oxygens (including phenoxy) is 1. The summed E-state index contributed by atoms with van der Waals surface area (Å²) in [6.45, 7) is 9.49. The van der Waals surface area contributed by atoms with Crippen LogP contribution in [-0.4, -0.2) is 12.5 Å². The van der Waals surface area contributed by atoms with Gasteiger partial charge in [0.1, 0.15) is 5.75 Å². The summed E-state index contributed by atoms with van der Waals surface area (Å²) in [7, 11) is 0. The zero-order chi connectivity index (χ0) is 16.9. The van der Waals surface area contributed by atoms with Crippen molar-refractivity contribution in [1.29, 1.82) is 0 Å². The molecule has 0 unspecified atom stereocenters. The van der Waals surface area contributed by atoms with E-state index in [0.29, 0.717) is 18.7 Å². The lowest BCUT2D eigenvalue weighted by Crippen LogP contribution is -2.23. The Morgan fingerprint density at radius 1 is 1.04 bits per heavy atom. The predicted octanol–water partition coefficient (Wildman–Crippen LogP) is 4.31. The first-order valence-corrected chi connectivity index (χ1v) is 8.01. The first-order chi connectivity index (χ1) is 10.9. The van der Waals surface area contributed by atoms with Crippen molar-refractivity contribution in [1.82, 2.24) is 5.32 Å². The molecule has 1 N–H and O–H groups in total. The molecule has 0 saturated carbocycles. The highest BCUT2D eigenvalue weighted by Gasteiger charge is 2.14. The van der Waals surface area contributed by atoms with Crippen LogP contribution in [0, 0.1) is 0 Å². The van der Waals surface area contributed by atoms with Crippen LogP contribution >= 0.6 is 0 Å². The monoisotopic (exact) mass is 311 g/mol. The van der Waals surface area contributed by atoms with Crippen LogP contribution in [0.3, 0.4) is 0 Å². The van der Waals surface area contributed by atoms with E-state index >= 15 is 0 Å². The average molecular weight is 311 g/mol. The summed E-state index contributed by atoms with van der Waals surface area (Å²) in [5, 5.41) is 2.95. The third-order valence-corrected chi connectivity index (χ3v) is 3.72. The van der Waals surface area contributed by atoms with Crippen LogP contribution in [0.25, 0.3) is 0 Å². The minimum absolute atomic E-state index is 0.0724. The van der Waals surface area contributed by atoms with Crippen molar-refractivity contribution in [3.05, 3.63) is 65.2 Å². The molecule has 0 aliphatic heterocycles. The van der Waals surface area contributed by atoms with Crippen LogP contribution in [-0.2, 0) is 12.0 Å². The van der Waals surface area contributed by atoms with Crippen molar-refractivity contribution in [2.75, 3.05) is 6.61 Å². The van der Waals surface area contributed by atoms with E-state index in [2.05, 4.69) is 26.1 Å². The summed E-state index contributed by atoms with van der Waals surface area (Å²) in [5.41, 5.74) is 2.96. The molecule has 3 nitrogen and oxygen atoms in total. The van der Waals surface area contributed by atoms with E-state index in [1.54, 1.807) is 0 Å². The first-order valence-electron chi connectivity index (χ1n) is 8.01. The number of carbonyl (C=O) groups excluding carboxylic acids is 1. The van der Waals surface area contributed by atoms with Crippen molar-refractivity contribution in [3.63, 3.8) is 0 Å². The van der Waals surface area contributed by atoms with Gasteiger partial charge < -0.3 is 10.1 Å². The van der Waals surface area contributed by atoms with Gasteiger partial charge in [-0.05, 0) is 36.1 Å². The topological polar surface area (TPSA) is 38.3 Å². The van der Waals surface area contributed by atoms with Crippen LogP contribution in [0.2, 0.25) is 0 Å². The van der Waals surface area contributed by atoms with Crippen LogP contribution in [0.5, 0.6) is 5.75 Å². The molecule has 23 heavy (non-hydrogen) atoms. The number of para-hydroxylation sites is 1. The Labute approximate surface area is 138 Å². The summed E-state index contributed by atoms with van der Waals surface area (Å²) < 4.78 is 5.58. The summed E-state index contributed by atoms with van der Waals surface area (Å²) in [4.78, 5) is 12.3. The highest BCUT2D eigenvalue weighted by molar-refractivity contribution is 5.94. The average Bonchev–Trinajstić information content (AvgIpc) is 2.53. The lowest BCUT2D eigenvalue weighted by molar-refractivity contribution is 0.0950. The van der Waals surface area contributed by atoms with E-state index in [0.717, 1.165) is 11.3 Å².